The summed E-state index contributed by atoms with van der Waals surface area (Å²) in [6, 6.07) is 15.2. The Balaban J connectivity index is 1.64. The first kappa shape index (κ1) is 19.7. The number of nitrogens with one attached hydrogen (secondary N) is 1. The largest absolute Gasteiger partial charge is 0.497 e. The minimum atomic E-state index is -0.246. The molecule has 0 saturated carbocycles. The third kappa shape index (κ3) is 5.23. The predicted molar refractivity (Wildman–Crippen MR) is 113 cm³/mol. The van der Waals surface area contributed by atoms with Gasteiger partial charge >= 0.3 is 0 Å². The van der Waals surface area contributed by atoms with Crippen LogP contribution in [0.3, 0.4) is 0 Å². The van der Waals surface area contributed by atoms with Crippen LogP contribution in [0.4, 0.5) is 0 Å². The van der Waals surface area contributed by atoms with Crippen molar-refractivity contribution in [3.8, 4) is 11.5 Å². The Kier molecular flexibility index (Phi) is 6.86. The van der Waals surface area contributed by atoms with E-state index < -0.39 is 0 Å². The van der Waals surface area contributed by atoms with E-state index >= 15 is 0 Å². The van der Waals surface area contributed by atoms with Crippen molar-refractivity contribution in [2.24, 2.45) is 10.2 Å². The fourth-order valence-corrected chi connectivity index (χ4v) is 3.58. The van der Waals surface area contributed by atoms with Crippen LogP contribution in [-0.2, 0) is 11.2 Å². The van der Waals surface area contributed by atoms with Crippen molar-refractivity contribution in [1.29, 1.82) is 0 Å². The molecule has 144 valence electrons. The second-order valence-corrected chi connectivity index (χ2v) is 7.13. The van der Waals surface area contributed by atoms with Crippen molar-refractivity contribution in [3.05, 3.63) is 72.3 Å². The normalized spacial score (nSPS) is 17.7. The summed E-state index contributed by atoms with van der Waals surface area (Å²) in [5.74, 6) is 1.40. The molecule has 0 bridgehead atoms. The molecule has 1 aliphatic heterocycles. The first-order chi connectivity index (χ1) is 13.7. The Labute approximate surface area is 168 Å². The number of carbonyl (C=O) groups is 1. The number of hydrogen-bond donors (Lipinski definition) is 1. The van der Waals surface area contributed by atoms with Crippen molar-refractivity contribution in [2.45, 2.75) is 11.7 Å². The minimum absolute atomic E-state index is 0.0727. The molecule has 0 aliphatic carbocycles. The van der Waals surface area contributed by atoms with Crippen LogP contribution in [0.15, 0.2) is 71.4 Å². The number of amides is 1. The molecular formula is C21H21N3O3S. The number of thioether (sulfide) groups is 1. The zero-order valence-electron chi connectivity index (χ0n) is 15.5. The van der Waals surface area contributed by atoms with Crippen LogP contribution in [0.5, 0.6) is 11.5 Å². The smallest absolute Gasteiger partial charge is 0.239 e. The molecule has 28 heavy (non-hydrogen) atoms. The molecule has 1 aliphatic rings. The fraction of sp³-hybridized carbons (Fsp3) is 0.190. The maximum absolute atomic E-state index is 12.2. The van der Waals surface area contributed by atoms with E-state index in [4.69, 9.17) is 9.47 Å². The number of ether oxygens (including phenoxy) is 2. The number of rotatable bonds is 8. The highest BCUT2D eigenvalue weighted by molar-refractivity contribution is 8.15. The number of nitrogens with zero attached hydrogens (tertiary/aromatic N) is 2. The van der Waals surface area contributed by atoms with Crippen LogP contribution < -0.4 is 14.8 Å². The van der Waals surface area contributed by atoms with Gasteiger partial charge in [-0.25, -0.2) is 0 Å². The highest BCUT2D eigenvalue weighted by atomic mass is 32.2. The molecule has 2 aromatic carbocycles. The first-order valence-corrected chi connectivity index (χ1v) is 9.61. The quantitative estimate of drug-likeness (QED) is 0.422. The third-order valence-electron chi connectivity index (χ3n) is 3.95. The number of methoxy groups -OCH3 is 1. The van der Waals surface area contributed by atoms with Gasteiger partial charge in [0.1, 0.15) is 18.1 Å². The number of benzene rings is 2. The second-order valence-electron chi connectivity index (χ2n) is 5.94. The zero-order chi connectivity index (χ0) is 19.8. The van der Waals surface area contributed by atoms with E-state index in [0.29, 0.717) is 23.9 Å². The maximum Gasteiger partial charge on any atom is 0.239 e. The van der Waals surface area contributed by atoms with Gasteiger partial charge in [-0.15, -0.1) is 5.10 Å². The van der Waals surface area contributed by atoms with Crippen LogP contribution in [0.25, 0.3) is 0 Å². The van der Waals surface area contributed by atoms with Gasteiger partial charge in [0.05, 0.1) is 18.6 Å². The van der Waals surface area contributed by atoms with Gasteiger partial charge in [-0.3, -0.25) is 4.79 Å². The van der Waals surface area contributed by atoms with Gasteiger partial charge in [-0.2, -0.15) is 5.10 Å². The summed E-state index contributed by atoms with van der Waals surface area (Å²) in [6.45, 7) is 4.06. The van der Waals surface area contributed by atoms with Crippen molar-refractivity contribution in [1.82, 2.24) is 5.32 Å². The highest BCUT2D eigenvalue weighted by Crippen LogP contribution is 2.25. The molecule has 1 N–H and O–H groups in total. The maximum atomic E-state index is 12.2. The Morgan fingerprint density at radius 2 is 2.11 bits per heavy atom. The number of amidine groups is 1. The van der Waals surface area contributed by atoms with E-state index in [0.717, 1.165) is 16.9 Å². The van der Waals surface area contributed by atoms with Crippen LogP contribution in [0.1, 0.15) is 11.1 Å². The van der Waals surface area contributed by atoms with E-state index in [2.05, 4.69) is 22.1 Å². The molecule has 0 radical (unpaired) electrons. The van der Waals surface area contributed by atoms with Crippen LogP contribution >= 0.6 is 11.8 Å². The Hall–Kier alpha value is -3.06. The molecule has 7 heteroatoms. The molecular weight excluding hydrogens is 374 g/mol. The average molecular weight is 395 g/mol. The van der Waals surface area contributed by atoms with E-state index in [9.17, 15) is 4.79 Å². The average Bonchev–Trinajstić information content (AvgIpc) is 3.06. The van der Waals surface area contributed by atoms with Gasteiger partial charge in [0, 0.05) is 5.56 Å². The van der Waals surface area contributed by atoms with Gasteiger partial charge < -0.3 is 14.8 Å². The fourth-order valence-electron chi connectivity index (χ4n) is 2.61. The van der Waals surface area contributed by atoms with Crippen molar-refractivity contribution in [3.63, 3.8) is 0 Å². The van der Waals surface area contributed by atoms with Crippen molar-refractivity contribution < 1.29 is 14.3 Å². The van der Waals surface area contributed by atoms with E-state index in [-0.39, 0.29) is 11.2 Å². The summed E-state index contributed by atoms with van der Waals surface area (Å²) in [5.41, 5.74) is 1.83. The lowest BCUT2D eigenvalue weighted by molar-refractivity contribution is -0.118. The van der Waals surface area contributed by atoms with Crippen molar-refractivity contribution >= 4 is 29.1 Å². The van der Waals surface area contributed by atoms with E-state index in [1.54, 1.807) is 19.4 Å². The number of para-hydroxylation sites is 1. The molecule has 1 saturated heterocycles. The van der Waals surface area contributed by atoms with Gasteiger partial charge in [0.15, 0.2) is 5.17 Å². The molecule has 1 heterocycles. The summed E-state index contributed by atoms with van der Waals surface area (Å²) < 4.78 is 10.8. The summed E-state index contributed by atoms with van der Waals surface area (Å²) in [4.78, 5) is 12.2. The van der Waals surface area contributed by atoms with Gasteiger partial charge in [-0.05, 0) is 36.2 Å². The number of carbonyl (C=O) groups excluding carboxylic acids is 1. The third-order valence-corrected chi connectivity index (χ3v) is 5.03. The molecule has 0 aromatic heterocycles. The minimum Gasteiger partial charge on any atom is -0.497 e. The molecule has 0 spiro atoms. The molecule has 1 fully saturated rings. The predicted octanol–water partition coefficient (Wildman–Crippen LogP) is 3.42. The van der Waals surface area contributed by atoms with Gasteiger partial charge in [0.2, 0.25) is 5.91 Å². The van der Waals surface area contributed by atoms with Crippen LogP contribution in [0.2, 0.25) is 0 Å². The SMILES string of the molecule is C=CCOc1ccccc1/C=N\N=C1/NC(=O)[C@@H](Cc2cccc(OC)c2)S1. The molecule has 3 rings (SSSR count). The summed E-state index contributed by atoms with van der Waals surface area (Å²) in [5, 5.41) is 11.2. The van der Waals surface area contributed by atoms with Gasteiger partial charge in [-0.1, -0.05) is 48.7 Å². The van der Waals surface area contributed by atoms with Crippen LogP contribution in [-0.4, -0.2) is 36.3 Å². The summed E-state index contributed by atoms with van der Waals surface area (Å²) in [7, 11) is 1.62. The molecule has 0 unspecified atom stereocenters. The number of hydrogen-bond acceptors (Lipinski definition) is 6. The Morgan fingerprint density at radius 3 is 2.93 bits per heavy atom. The lowest BCUT2D eigenvalue weighted by Crippen LogP contribution is -2.25. The Bertz CT molecular complexity index is 911. The summed E-state index contributed by atoms with van der Waals surface area (Å²) in [6.07, 6.45) is 3.88. The molecule has 2 aromatic rings. The standard InChI is InChI=1S/C21H21N3O3S/c1-3-11-27-18-10-5-4-8-16(18)14-22-24-21-23-20(25)19(28-21)13-15-7-6-9-17(12-15)26-2/h3-10,12,14,19H,1,11,13H2,2H3,(H,23,24,25)/b22-14-/t19-/m1/s1. The highest BCUT2D eigenvalue weighted by Gasteiger charge is 2.30. The Morgan fingerprint density at radius 1 is 1.25 bits per heavy atom. The second kappa shape index (κ2) is 9.75. The molecule has 1 atom stereocenters. The van der Waals surface area contributed by atoms with Gasteiger partial charge in [0.25, 0.3) is 0 Å². The summed E-state index contributed by atoms with van der Waals surface area (Å²) >= 11 is 1.37. The molecule has 6 nitrogen and oxygen atoms in total. The van der Waals surface area contributed by atoms with E-state index in [1.807, 2.05) is 48.5 Å². The first-order valence-electron chi connectivity index (χ1n) is 8.74. The van der Waals surface area contributed by atoms with Crippen molar-refractivity contribution in [2.75, 3.05) is 13.7 Å². The molecule has 1 amide bonds. The lowest BCUT2D eigenvalue weighted by Gasteiger charge is -2.07. The monoisotopic (exact) mass is 395 g/mol. The topological polar surface area (TPSA) is 72.3 Å². The van der Waals surface area contributed by atoms with E-state index in [1.165, 1.54) is 11.8 Å². The lowest BCUT2D eigenvalue weighted by atomic mass is 10.1. The van der Waals surface area contributed by atoms with Crippen LogP contribution in [0, 0.1) is 0 Å². The zero-order valence-corrected chi connectivity index (χ0v) is 16.3.